The van der Waals surface area contributed by atoms with E-state index >= 15 is 0 Å². The number of benzene rings is 1. The standard InChI is InChI=1S/C12H11F3N2O/c13-12(14,15)5-4-10(18)8-2-1-3-9-11(8)17-7-6-16-9/h1-3,6-7,10,18H,4-5H2. The van der Waals surface area contributed by atoms with E-state index in [1.54, 1.807) is 18.2 Å². The number of rotatable bonds is 3. The van der Waals surface area contributed by atoms with Crippen molar-refractivity contribution in [2.75, 3.05) is 0 Å². The normalized spacial score (nSPS) is 13.8. The van der Waals surface area contributed by atoms with E-state index in [1.807, 2.05) is 0 Å². The van der Waals surface area contributed by atoms with Crippen LogP contribution >= 0.6 is 0 Å². The molecule has 1 unspecified atom stereocenters. The molecule has 0 saturated carbocycles. The van der Waals surface area contributed by atoms with E-state index in [4.69, 9.17) is 0 Å². The predicted molar refractivity (Wildman–Crippen MR) is 59.8 cm³/mol. The maximum Gasteiger partial charge on any atom is 0.389 e. The second-order valence-electron chi connectivity index (χ2n) is 3.94. The lowest BCUT2D eigenvalue weighted by Crippen LogP contribution is -2.10. The van der Waals surface area contributed by atoms with Crippen molar-refractivity contribution in [3.8, 4) is 0 Å². The number of fused-ring (bicyclic) bond motifs is 1. The zero-order chi connectivity index (χ0) is 13.2. The Hall–Kier alpha value is -1.69. The Balaban J connectivity index is 2.25. The summed E-state index contributed by atoms with van der Waals surface area (Å²) in [5, 5.41) is 9.81. The van der Waals surface area contributed by atoms with Crippen LogP contribution in [0.5, 0.6) is 0 Å². The second-order valence-corrected chi connectivity index (χ2v) is 3.94. The summed E-state index contributed by atoms with van der Waals surface area (Å²) in [4.78, 5) is 8.08. The fourth-order valence-electron chi connectivity index (χ4n) is 1.74. The highest BCUT2D eigenvalue weighted by molar-refractivity contribution is 5.77. The molecule has 0 fully saturated rings. The Bertz CT molecular complexity index is 537. The highest BCUT2D eigenvalue weighted by Gasteiger charge is 2.28. The zero-order valence-electron chi connectivity index (χ0n) is 9.35. The van der Waals surface area contributed by atoms with Crippen LogP contribution in [0.4, 0.5) is 13.2 Å². The van der Waals surface area contributed by atoms with Crippen molar-refractivity contribution >= 4 is 11.0 Å². The molecule has 18 heavy (non-hydrogen) atoms. The third-order valence-corrected chi connectivity index (χ3v) is 2.59. The molecule has 1 aromatic heterocycles. The molecule has 2 aromatic rings. The van der Waals surface area contributed by atoms with Gasteiger partial charge in [0, 0.05) is 24.4 Å². The minimum Gasteiger partial charge on any atom is -0.388 e. The van der Waals surface area contributed by atoms with Crippen molar-refractivity contribution in [2.24, 2.45) is 0 Å². The fourth-order valence-corrected chi connectivity index (χ4v) is 1.74. The Morgan fingerprint density at radius 1 is 1.17 bits per heavy atom. The molecule has 2 rings (SSSR count). The van der Waals surface area contributed by atoms with Gasteiger partial charge in [0.25, 0.3) is 0 Å². The summed E-state index contributed by atoms with van der Waals surface area (Å²) in [5.41, 5.74) is 1.38. The van der Waals surface area contributed by atoms with Crippen molar-refractivity contribution in [1.29, 1.82) is 0 Å². The van der Waals surface area contributed by atoms with Crippen molar-refractivity contribution in [1.82, 2.24) is 9.97 Å². The largest absolute Gasteiger partial charge is 0.389 e. The van der Waals surface area contributed by atoms with E-state index in [2.05, 4.69) is 9.97 Å². The summed E-state index contributed by atoms with van der Waals surface area (Å²) >= 11 is 0. The molecular formula is C12H11F3N2O. The highest BCUT2D eigenvalue weighted by atomic mass is 19.4. The molecule has 0 amide bonds. The van der Waals surface area contributed by atoms with Crippen LogP contribution in [0.2, 0.25) is 0 Å². The first-order valence-electron chi connectivity index (χ1n) is 5.42. The predicted octanol–water partition coefficient (Wildman–Crippen LogP) is 3.01. The SMILES string of the molecule is OC(CCC(F)(F)F)c1cccc2nccnc12. The van der Waals surface area contributed by atoms with Gasteiger partial charge in [-0.15, -0.1) is 0 Å². The zero-order valence-corrected chi connectivity index (χ0v) is 9.35. The number of hydrogen-bond donors (Lipinski definition) is 1. The van der Waals surface area contributed by atoms with Crippen LogP contribution in [0, 0.1) is 0 Å². The number of hydrogen-bond acceptors (Lipinski definition) is 3. The lowest BCUT2D eigenvalue weighted by molar-refractivity contribution is -0.140. The molecule has 0 saturated heterocycles. The van der Waals surface area contributed by atoms with E-state index in [1.165, 1.54) is 12.4 Å². The van der Waals surface area contributed by atoms with Gasteiger partial charge < -0.3 is 5.11 Å². The first-order chi connectivity index (χ1) is 8.47. The van der Waals surface area contributed by atoms with Crippen LogP contribution in [0.25, 0.3) is 11.0 Å². The minimum atomic E-state index is -4.27. The highest BCUT2D eigenvalue weighted by Crippen LogP contribution is 2.29. The molecule has 6 heteroatoms. The van der Waals surface area contributed by atoms with Gasteiger partial charge in [-0.3, -0.25) is 9.97 Å². The van der Waals surface area contributed by atoms with E-state index in [9.17, 15) is 18.3 Å². The van der Waals surface area contributed by atoms with Crippen molar-refractivity contribution < 1.29 is 18.3 Å². The molecule has 3 nitrogen and oxygen atoms in total. The second kappa shape index (κ2) is 4.89. The van der Waals surface area contributed by atoms with Crippen LogP contribution in [0.1, 0.15) is 24.5 Å². The number of aliphatic hydroxyl groups is 1. The third-order valence-electron chi connectivity index (χ3n) is 2.59. The number of alkyl halides is 3. The molecule has 0 aliphatic rings. The Kier molecular flexibility index (Phi) is 3.47. The van der Waals surface area contributed by atoms with Gasteiger partial charge in [-0.05, 0) is 12.5 Å². The maximum atomic E-state index is 12.1. The monoisotopic (exact) mass is 256 g/mol. The summed E-state index contributed by atoms with van der Waals surface area (Å²) < 4.78 is 36.3. The maximum absolute atomic E-state index is 12.1. The molecule has 96 valence electrons. The van der Waals surface area contributed by atoms with Gasteiger partial charge in [0.05, 0.1) is 17.1 Å². The Morgan fingerprint density at radius 2 is 1.89 bits per heavy atom. The van der Waals surface area contributed by atoms with E-state index in [-0.39, 0.29) is 6.42 Å². The van der Waals surface area contributed by atoms with E-state index < -0.39 is 18.7 Å². The van der Waals surface area contributed by atoms with Gasteiger partial charge in [-0.25, -0.2) is 0 Å². The number of nitrogens with zero attached hydrogens (tertiary/aromatic N) is 2. The number of aromatic nitrogens is 2. The van der Waals surface area contributed by atoms with Crippen molar-refractivity contribution in [3.05, 3.63) is 36.2 Å². The van der Waals surface area contributed by atoms with Gasteiger partial charge in [0.15, 0.2) is 0 Å². The number of halogens is 3. The Morgan fingerprint density at radius 3 is 2.61 bits per heavy atom. The topological polar surface area (TPSA) is 46.0 Å². The molecular weight excluding hydrogens is 245 g/mol. The summed E-state index contributed by atoms with van der Waals surface area (Å²) in [6.45, 7) is 0. The minimum absolute atomic E-state index is 0.376. The van der Waals surface area contributed by atoms with Crippen LogP contribution in [-0.2, 0) is 0 Å². The van der Waals surface area contributed by atoms with Crippen molar-refractivity contribution in [3.63, 3.8) is 0 Å². The smallest absolute Gasteiger partial charge is 0.388 e. The van der Waals surface area contributed by atoms with E-state index in [0.29, 0.717) is 16.6 Å². The van der Waals surface area contributed by atoms with Crippen molar-refractivity contribution in [2.45, 2.75) is 25.1 Å². The third kappa shape index (κ3) is 2.95. The summed E-state index contributed by atoms with van der Waals surface area (Å²) in [6.07, 6.45) is -3.91. The molecule has 0 aliphatic carbocycles. The average molecular weight is 256 g/mol. The number of para-hydroxylation sites is 1. The van der Waals surface area contributed by atoms with Gasteiger partial charge in [-0.2, -0.15) is 13.2 Å². The lowest BCUT2D eigenvalue weighted by atomic mass is 10.0. The molecule has 1 N–H and O–H groups in total. The molecule has 0 bridgehead atoms. The Labute approximate surface area is 101 Å². The summed E-state index contributed by atoms with van der Waals surface area (Å²) in [7, 11) is 0. The molecule has 1 heterocycles. The van der Waals surface area contributed by atoms with E-state index in [0.717, 1.165) is 0 Å². The molecule has 0 aliphatic heterocycles. The van der Waals surface area contributed by atoms with Gasteiger partial charge in [0.2, 0.25) is 0 Å². The summed E-state index contributed by atoms with van der Waals surface area (Å²) in [5.74, 6) is 0. The van der Waals surface area contributed by atoms with Gasteiger partial charge >= 0.3 is 6.18 Å². The van der Waals surface area contributed by atoms with Crippen LogP contribution < -0.4 is 0 Å². The number of aliphatic hydroxyl groups excluding tert-OH is 1. The lowest BCUT2D eigenvalue weighted by Gasteiger charge is -2.13. The van der Waals surface area contributed by atoms with Gasteiger partial charge in [-0.1, -0.05) is 12.1 Å². The summed E-state index contributed by atoms with van der Waals surface area (Å²) in [6, 6.07) is 4.91. The molecule has 0 radical (unpaired) electrons. The molecule has 1 aromatic carbocycles. The first kappa shape index (κ1) is 12.8. The van der Waals surface area contributed by atoms with Crippen LogP contribution in [0.15, 0.2) is 30.6 Å². The van der Waals surface area contributed by atoms with Crippen LogP contribution in [-0.4, -0.2) is 21.3 Å². The van der Waals surface area contributed by atoms with Crippen LogP contribution in [0.3, 0.4) is 0 Å². The molecule has 0 spiro atoms. The fraction of sp³-hybridized carbons (Fsp3) is 0.333. The van der Waals surface area contributed by atoms with Gasteiger partial charge in [0.1, 0.15) is 0 Å². The average Bonchev–Trinajstić information content (AvgIpc) is 2.34. The molecule has 1 atom stereocenters. The first-order valence-corrected chi connectivity index (χ1v) is 5.42. The quantitative estimate of drug-likeness (QED) is 0.918.